The molecule has 0 aliphatic carbocycles. The van der Waals surface area contributed by atoms with Crippen molar-refractivity contribution in [3.8, 4) is 17.1 Å². The number of aromatic nitrogens is 7. The van der Waals surface area contributed by atoms with E-state index in [2.05, 4.69) is 25.5 Å². The third kappa shape index (κ3) is 3.45. The molecule has 6 aromatic rings. The summed E-state index contributed by atoms with van der Waals surface area (Å²) in [6, 6.07) is 12.5. The first-order chi connectivity index (χ1) is 17.5. The van der Waals surface area contributed by atoms with Crippen molar-refractivity contribution in [1.82, 2.24) is 34.5 Å². The van der Waals surface area contributed by atoms with Crippen LogP contribution in [0.25, 0.3) is 39.2 Å². The van der Waals surface area contributed by atoms with Crippen LogP contribution >= 0.6 is 0 Å². The lowest BCUT2D eigenvalue weighted by molar-refractivity contribution is 0.102. The average Bonchev–Trinajstić information content (AvgIpc) is 3.63. The fourth-order valence-electron chi connectivity index (χ4n) is 4.12. The number of fused-ring (bicyclic) bond motifs is 2. The summed E-state index contributed by atoms with van der Waals surface area (Å²) in [4.78, 5) is 37.3. The van der Waals surface area contributed by atoms with Gasteiger partial charge in [-0.3, -0.25) is 9.59 Å². The molecule has 11 heteroatoms. The van der Waals surface area contributed by atoms with E-state index in [9.17, 15) is 9.59 Å². The Morgan fingerprint density at radius 2 is 1.89 bits per heavy atom. The van der Waals surface area contributed by atoms with Crippen molar-refractivity contribution >= 4 is 33.7 Å². The number of aromatic amines is 1. The molecule has 2 N–H and O–H groups in total. The molecule has 0 unspecified atom stereocenters. The lowest BCUT2D eigenvalue weighted by Gasteiger charge is -2.13. The van der Waals surface area contributed by atoms with E-state index in [4.69, 9.17) is 9.40 Å². The Bertz CT molecular complexity index is 1790. The molecule has 0 aliphatic rings. The van der Waals surface area contributed by atoms with Crippen molar-refractivity contribution < 1.29 is 9.21 Å². The van der Waals surface area contributed by atoms with Gasteiger partial charge in [-0.1, -0.05) is 12.1 Å². The largest absolute Gasteiger partial charge is 0.463 e. The number of anilines is 1. The van der Waals surface area contributed by atoms with E-state index in [1.54, 1.807) is 53.5 Å². The van der Waals surface area contributed by atoms with Gasteiger partial charge < -0.3 is 14.7 Å². The van der Waals surface area contributed by atoms with E-state index in [0.717, 1.165) is 0 Å². The van der Waals surface area contributed by atoms with Crippen LogP contribution in [0.1, 0.15) is 30.2 Å². The van der Waals surface area contributed by atoms with Gasteiger partial charge in [0.25, 0.3) is 11.5 Å². The first kappa shape index (κ1) is 21.5. The highest BCUT2D eigenvalue weighted by Gasteiger charge is 2.21. The van der Waals surface area contributed by atoms with Gasteiger partial charge in [0, 0.05) is 6.04 Å². The number of H-pyrrole nitrogens is 1. The first-order valence-electron chi connectivity index (χ1n) is 11.3. The van der Waals surface area contributed by atoms with Gasteiger partial charge in [-0.05, 0) is 44.2 Å². The molecule has 0 saturated heterocycles. The number of hydrogen-bond donors (Lipinski definition) is 2. The van der Waals surface area contributed by atoms with Crippen molar-refractivity contribution in [2.24, 2.45) is 0 Å². The summed E-state index contributed by atoms with van der Waals surface area (Å²) in [5.41, 5.74) is 2.65. The molecule has 0 fully saturated rings. The van der Waals surface area contributed by atoms with E-state index in [-0.39, 0.29) is 17.5 Å². The van der Waals surface area contributed by atoms with E-state index in [1.165, 1.54) is 17.2 Å². The Morgan fingerprint density at radius 1 is 1.06 bits per heavy atom. The highest BCUT2D eigenvalue weighted by atomic mass is 16.3. The van der Waals surface area contributed by atoms with Gasteiger partial charge in [0.15, 0.2) is 17.1 Å². The minimum Gasteiger partial charge on any atom is -0.463 e. The molecular weight excluding hydrogens is 460 g/mol. The van der Waals surface area contributed by atoms with Crippen LogP contribution in [0.5, 0.6) is 0 Å². The van der Waals surface area contributed by atoms with E-state index in [1.807, 2.05) is 19.9 Å². The van der Waals surface area contributed by atoms with Crippen molar-refractivity contribution in [3.05, 3.63) is 83.4 Å². The Labute approximate surface area is 203 Å². The number of nitrogens with one attached hydrogen (secondary N) is 2. The highest BCUT2D eigenvalue weighted by molar-refractivity contribution is 6.13. The van der Waals surface area contributed by atoms with Gasteiger partial charge in [-0.2, -0.15) is 10.2 Å². The maximum absolute atomic E-state index is 13.7. The summed E-state index contributed by atoms with van der Waals surface area (Å²) in [5.74, 6) is 0.190. The SMILES string of the molecule is CC(C)n1ncc2c(C(=O)Nc3ccccc3-n3ncc4c(=O)[nH]cnc43)cc(-c3ccco3)nc21. The van der Waals surface area contributed by atoms with Gasteiger partial charge in [-0.15, -0.1) is 0 Å². The van der Waals surface area contributed by atoms with E-state index in [0.29, 0.717) is 50.5 Å². The summed E-state index contributed by atoms with van der Waals surface area (Å²) < 4.78 is 8.84. The molecule has 5 heterocycles. The van der Waals surface area contributed by atoms with Crippen LogP contribution in [-0.4, -0.2) is 40.4 Å². The third-order valence-corrected chi connectivity index (χ3v) is 5.83. The molecule has 6 rings (SSSR count). The molecule has 0 aliphatic heterocycles. The maximum Gasteiger partial charge on any atom is 0.261 e. The summed E-state index contributed by atoms with van der Waals surface area (Å²) in [6.45, 7) is 3.99. The van der Waals surface area contributed by atoms with Gasteiger partial charge >= 0.3 is 0 Å². The van der Waals surface area contributed by atoms with Crippen LogP contribution in [0, 0.1) is 0 Å². The number of pyridine rings is 1. The summed E-state index contributed by atoms with van der Waals surface area (Å²) >= 11 is 0. The number of carbonyl (C=O) groups is 1. The molecule has 0 radical (unpaired) electrons. The first-order valence-corrected chi connectivity index (χ1v) is 11.3. The van der Waals surface area contributed by atoms with Gasteiger partial charge in [-0.25, -0.2) is 19.3 Å². The quantitative estimate of drug-likeness (QED) is 0.381. The number of nitrogens with zero attached hydrogens (tertiary/aromatic N) is 6. The van der Waals surface area contributed by atoms with Crippen LogP contribution < -0.4 is 10.9 Å². The lowest BCUT2D eigenvalue weighted by Crippen LogP contribution is -2.15. The third-order valence-electron chi connectivity index (χ3n) is 5.83. The lowest BCUT2D eigenvalue weighted by atomic mass is 10.1. The average molecular weight is 480 g/mol. The normalized spacial score (nSPS) is 11.5. The number of benzene rings is 1. The minimum atomic E-state index is -0.353. The molecule has 0 saturated carbocycles. The fourth-order valence-corrected chi connectivity index (χ4v) is 4.12. The van der Waals surface area contributed by atoms with E-state index >= 15 is 0 Å². The Kier molecular flexibility index (Phi) is 4.95. The molecule has 178 valence electrons. The van der Waals surface area contributed by atoms with Gasteiger partial charge in [0.2, 0.25) is 0 Å². The van der Waals surface area contributed by atoms with Crippen LogP contribution in [0.15, 0.2) is 76.7 Å². The molecular formula is C25H20N8O3. The number of furan rings is 1. The standard InChI is InChI=1S/C25H20N8O3/c1-14(2)32-23-16(11-28-32)15(10-19(30-23)21-8-5-9-36-21)25(35)31-18-6-3-4-7-20(18)33-22-17(12-29-33)24(34)27-13-26-22/h3-14H,1-2H3,(H,31,35)(H,26,27,34). The van der Waals surface area contributed by atoms with Crippen LogP contribution in [0.4, 0.5) is 5.69 Å². The zero-order valence-electron chi connectivity index (χ0n) is 19.3. The van der Waals surface area contributed by atoms with Crippen molar-refractivity contribution in [2.45, 2.75) is 19.9 Å². The second-order valence-corrected chi connectivity index (χ2v) is 8.45. The number of rotatable bonds is 5. The van der Waals surface area contributed by atoms with Crippen molar-refractivity contribution in [2.75, 3.05) is 5.32 Å². The fraction of sp³-hybridized carbons (Fsp3) is 0.120. The number of para-hydroxylation sites is 2. The zero-order valence-corrected chi connectivity index (χ0v) is 19.3. The number of amides is 1. The monoisotopic (exact) mass is 480 g/mol. The van der Waals surface area contributed by atoms with Gasteiger partial charge in [0.1, 0.15) is 11.1 Å². The molecule has 5 aromatic heterocycles. The minimum absolute atomic E-state index is 0.0437. The Hall–Kier alpha value is -5.06. The van der Waals surface area contributed by atoms with Crippen LogP contribution in [-0.2, 0) is 0 Å². The van der Waals surface area contributed by atoms with E-state index < -0.39 is 0 Å². The smallest absolute Gasteiger partial charge is 0.261 e. The predicted molar refractivity (Wildman–Crippen MR) is 133 cm³/mol. The Balaban J connectivity index is 1.46. The molecule has 11 nitrogen and oxygen atoms in total. The summed E-state index contributed by atoms with van der Waals surface area (Å²) in [5, 5.41) is 12.7. The topological polar surface area (TPSA) is 137 Å². The second kappa shape index (κ2) is 8.31. The predicted octanol–water partition coefficient (Wildman–Crippen LogP) is 3.95. The second-order valence-electron chi connectivity index (χ2n) is 8.45. The number of carbonyl (C=O) groups excluding carboxylic acids is 1. The molecule has 0 spiro atoms. The molecule has 1 aromatic carbocycles. The number of hydrogen-bond acceptors (Lipinski definition) is 7. The van der Waals surface area contributed by atoms with Crippen LogP contribution in [0.3, 0.4) is 0 Å². The van der Waals surface area contributed by atoms with Crippen molar-refractivity contribution in [3.63, 3.8) is 0 Å². The van der Waals surface area contributed by atoms with Crippen molar-refractivity contribution in [1.29, 1.82) is 0 Å². The zero-order chi connectivity index (χ0) is 24.8. The Morgan fingerprint density at radius 3 is 2.69 bits per heavy atom. The highest BCUT2D eigenvalue weighted by Crippen LogP contribution is 2.28. The molecule has 36 heavy (non-hydrogen) atoms. The van der Waals surface area contributed by atoms with Crippen LogP contribution in [0.2, 0.25) is 0 Å². The molecule has 1 amide bonds. The molecule has 0 bridgehead atoms. The summed E-state index contributed by atoms with van der Waals surface area (Å²) in [6.07, 6.45) is 5.97. The maximum atomic E-state index is 13.7. The van der Waals surface area contributed by atoms with Gasteiger partial charge in [0.05, 0.1) is 47.3 Å². The molecule has 0 atom stereocenters. The summed E-state index contributed by atoms with van der Waals surface area (Å²) in [7, 11) is 0.